The smallest absolute Gasteiger partial charge is 0.125 e. The molecule has 2 unspecified atom stereocenters. The lowest BCUT2D eigenvalue weighted by molar-refractivity contribution is -0.114. The van der Waals surface area contributed by atoms with E-state index in [9.17, 15) is 4.39 Å². The molecule has 20 heavy (non-hydrogen) atoms. The van der Waals surface area contributed by atoms with Crippen molar-refractivity contribution in [2.75, 3.05) is 11.9 Å². The third-order valence-electron chi connectivity index (χ3n) is 4.95. The first-order valence-corrected chi connectivity index (χ1v) is 8.28. The number of hydrogen-bond donors (Lipinski definition) is 1. The lowest BCUT2D eigenvalue weighted by atomic mass is 9.60. The molecule has 2 saturated carbocycles. The number of ether oxygens (including phenoxy) is 1. The standard InChI is InChI=1S/C16H21BrFNO/c1-2-20-15-10-14(16(15)7-3-4-8-16)19-13-9-11(18)5-6-12(13)17/h5-6,9,14-15,19H,2-4,7-8,10H2,1H3. The Bertz CT molecular complexity index is 487. The Hall–Kier alpha value is -0.610. The summed E-state index contributed by atoms with van der Waals surface area (Å²) in [5.41, 5.74) is 1.12. The van der Waals surface area contributed by atoms with Crippen molar-refractivity contribution in [3.05, 3.63) is 28.5 Å². The monoisotopic (exact) mass is 341 g/mol. The zero-order valence-electron chi connectivity index (χ0n) is 11.8. The van der Waals surface area contributed by atoms with E-state index in [1.165, 1.54) is 31.7 Å². The third-order valence-corrected chi connectivity index (χ3v) is 5.64. The van der Waals surface area contributed by atoms with Crippen LogP contribution in [-0.2, 0) is 4.74 Å². The molecule has 2 fully saturated rings. The molecule has 1 aromatic rings. The average Bonchev–Trinajstić information content (AvgIpc) is 2.94. The van der Waals surface area contributed by atoms with Crippen molar-refractivity contribution in [3.63, 3.8) is 0 Å². The molecule has 3 rings (SSSR count). The highest BCUT2D eigenvalue weighted by molar-refractivity contribution is 9.10. The van der Waals surface area contributed by atoms with E-state index in [1.807, 2.05) is 0 Å². The highest BCUT2D eigenvalue weighted by Gasteiger charge is 2.56. The predicted molar refractivity (Wildman–Crippen MR) is 82.4 cm³/mol. The third kappa shape index (κ3) is 2.37. The van der Waals surface area contributed by atoms with E-state index in [4.69, 9.17) is 4.74 Å². The lowest BCUT2D eigenvalue weighted by Gasteiger charge is -2.54. The molecule has 0 amide bonds. The maximum atomic E-state index is 13.4. The Morgan fingerprint density at radius 1 is 1.40 bits per heavy atom. The van der Waals surface area contributed by atoms with E-state index in [0.29, 0.717) is 12.1 Å². The molecule has 4 heteroatoms. The van der Waals surface area contributed by atoms with Crippen LogP contribution >= 0.6 is 15.9 Å². The van der Waals surface area contributed by atoms with Gasteiger partial charge in [0.2, 0.25) is 0 Å². The van der Waals surface area contributed by atoms with Crippen molar-refractivity contribution in [2.45, 2.75) is 51.2 Å². The van der Waals surface area contributed by atoms with E-state index in [-0.39, 0.29) is 11.2 Å². The fourth-order valence-electron chi connectivity index (χ4n) is 3.88. The summed E-state index contributed by atoms with van der Waals surface area (Å²) in [4.78, 5) is 0. The first kappa shape index (κ1) is 14.3. The zero-order valence-corrected chi connectivity index (χ0v) is 13.4. The lowest BCUT2D eigenvalue weighted by Crippen LogP contribution is -2.60. The topological polar surface area (TPSA) is 21.3 Å². The van der Waals surface area contributed by atoms with Gasteiger partial charge in [-0.2, -0.15) is 0 Å². The molecule has 1 aromatic carbocycles. The van der Waals surface area contributed by atoms with Crippen molar-refractivity contribution in [1.82, 2.24) is 0 Å². The summed E-state index contributed by atoms with van der Waals surface area (Å²) in [6.45, 7) is 2.84. The maximum Gasteiger partial charge on any atom is 0.125 e. The number of rotatable bonds is 4. The van der Waals surface area contributed by atoms with E-state index >= 15 is 0 Å². The summed E-state index contributed by atoms with van der Waals surface area (Å²) < 4.78 is 20.2. The molecule has 2 atom stereocenters. The van der Waals surface area contributed by atoms with E-state index in [0.717, 1.165) is 23.2 Å². The molecular formula is C16H21BrFNO. The van der Waals surface area contributed by atoms with Crippen molar-refractivity contribution in [1.29, 1.82) is 0 Å². The quantitative estimate of drug-likeness (QED) is 0.854. The first-order valence-electron chi connectivity index (χ1n) is 7.49. The summed E-state index contributed by atoms with van der Waals surface area (Å²) >= 11 is 3.49. The Kier molecular flexibility index (Phi) is 4.04. The van der Waals surface area contributed by atoms with E-state index < -0.39 is 0 Å². The Labute approximate surface area is 128 Å². The summed E-state index contributed by atoms with van der Waals surface area (Å²) in [5, 5.41) is 3.54. The van der Waals surface area contributed by atoms with Crippen molar-refractivity contribution in [3.8, 4) is 0 Å². The van der Waals surface area contributed by atoms with Gasteiger partial charge in [-0.25, -0.2) is 4.39 Å². The highest BCUT2D eigenvalue weighted by Crippen LogP contribution is 2.55. The van der Waals surface area contributed by atoms with Gasteiger partial charge in [-0.05, 0) is 60.3 Å². The molecule has 0 aromatic heterocycles. The van der Waals surface area contributed by atoms with Gasteiger partial charge in [0.1, 0.15) is 5.82 Å². The minimum absolute atomic E-state index is 0.197. The van der Waals surface area contributed by atoms with Gasteiger partial charge in [-0.3, -0.25) is 0 Å². The summed E-state index contributed by atoms with van der Waals surface area (Å²) in [7, 11) is 0. The van der Waals surface area contributed by atoms with Crippen LogP contribution in [0.15, 0.2) is 22.7 Å². The first-order chi connectivity index (χ1) is 9.65. The molecule has 2 nitrogen and oxygen atoms in total. The Morgan fingerprint density at radius 3 is 2.85 bits per heavy atom. The van der Waals surface area contributed by atoms with Crippen LogP contribution < -0.4 is 5.32 Å². The second-order valence-electron chi connectivity index (χ2n) is 5.94. The number of halogens is 2. The minimum Gasteiger partial charge on any atom is -0.381 e. The van der Waals surface area contributed by atoms with Crippen LogP contribution in [0.2, 0.25) is 0 Å². The number of anilines is 1. The van der Waals surface area contributed by atoms with Gasteiger partial charge in [0.05, 0.1) is 11.8 Å². The molecule has 0 heterocycles. The van der Waals surface area contributed by atoms with Crippen LogP contribution in [0, 0.1) is 11.2 Å². The molecule has 0 saturated heterocycles. The number of benzene rings is 1. The summed E-state index contributed by atoms with van der Waals surface area (Å²) in [5.74, 6) is -0.197. The van der Waals surface area contributed by atoms with Crippen LogP contribution in [-0.4, -0.2) is 18.8 Å². The minimum atomic E-state index is -0.197. The molecule has 2 aliphatic rings. The molecule has 110 valence electrons. The number of hydrogen-bond acceptors (Lipinski definition) is 2. The number of nitrogens with one attached hydrogen (secondary N) is 1. The van der Waals surface area contributed by atoms with Gasteiger partial charge < -0.3 is 10.1 Å². The van der Waals surface area contributed by atoms with Gasteiger partial charge >= 0.3 is 0 Å². The largest absolute Gasteiger partial charge is 0.381 e. The molecule has 1 N–H and O–H groups in total. The summed E-state index contributed by atoms with van der Waals surface area (Å²) in [6, 6.07) is 5.21. The molecule has 0 bridgehead atoms. The van der Waals surface area contributed by atoms with Gasteiger partial charge in [-0.15, -0.1) is 0 Å². The summed E-state index contributed by atoms with van der Waals surface area (Å²) in [6.07, 6.45) is 6.42. The predicted octanol–water partition coefficient (Wildman–Crippen LogP) is 4.74. The van der Waals surface area contributed by atoms with Crippen molar-refractivity contribution < 1.29 is 9.13 Å². The molecular weight excluding hydrogens is 321 g/mol. The van der Waals surface area contributed by atoms with Crippen molar-refractivity contribution in [2.24, 2.45) is 5.41 Å². The van der Waals surface area contributed by atoms with E-state index in [2.05, 4.69) is 28.2 Å². The van der Waals surface area contributed by atoms with Gasteiger partial charge in [-0.1, -0.05) is 12.8 Å². The fourth-order valence-corrected chi connectivity index (χ4v) is 4.25. The van der Waals surface area contributed by atoms with Crippen LogP contribution in [0.25, 0.3) is 0 Å². The normalized spacial score (nSPS) is 27.6. The van der Waals surface area contributed by atoms with Crippen LogP contribution in [0.5, 0.6) is 0 Å². The average molecular weight is 342 g/mol. The molecule has 1 spiro atoms. The van der Waals surface area contributed by atoms with Gasteiger partial charge in [0, 0.05) is 22.5 Å². The Balaban J connectivity index is 1.76. The second-order valence-corrected chi connectivity index (χ2v) is 6.80. The highest BCUT2D eigenvalue weighted by atomic mass is 79.9. The second kappa shape index (κ2) is 5.64. The maximum absolute atomic E-state index is 13.4. The Morgan fingerprint density at radius 2 is 2.15 bits per heavy atom. The van der Waals surface area contributed by atoms with Gasteiger partial charge in [0.15, 0.2) is 0 Å². The molecule has 2 aliphatic carbocycles. The van der Waals surface area contributed by atoms with E-state index in [1.54, 1.807) is 12.1 Å². The molecule has 0 radical (unpaired) electrons. The SMILES string of the molecule is CCOC1CC(Nc2cc(F)ccc2Br)C12CCCC2. The van der Waals surface area contributed by atoms with Crippen LogP contribution in [0.1, 0.15) is 39.0 Å². The van der Waals surface area contributed by atoms with Gasteiger partial charge in [0.25, 0.3) is 0 Å². The zero-order chi connectivity index (χ0) is 14.2. The van der Waals surface area contributed by atoms with Crippen LogP contribution in [0.4, 0.5) is 10.1 Å². The van der Waals surface area contributed by atoms with Crippen molar-refractivity contribution >= 4 is 21.6 Å². The fraction of sp³-hybridized carbons (Fsp3) is 0.625. The van der Waals surface area contributed by atoms with Crippen LogP contribution in [0.3, 0.4) is 0 Å². The molecule has 0 aliphatic heterocycles.